The van der Waals surface area contributed by atoms with Crippen LogP contribution in [0.3, 0.4) is 0 Å². The highest BCUT2D eigenvalue weighted by Crippen LogP contribution is 2.40. The van der Waals surface area contributed by atoms with Crippen LogP contribution in [0.2, 0.25) is 0 Å². The van der Waals surface area contributed by atoms with E-state index in [-0.39, 0.29) is 21.8 Å². The van der Waals surface area contributed by atoms with Crippen molar-refractivity contribution in [3.63, 3.8) is 0 Å². The minimum absolute atomic E-state index is 0.0498. The number of nitrogens with two attached hydrogens (primary N) is 1. The summed E-state index contributed by atoms with van der Waals surface area (Å²) in [5, 5.41) is 0.259. The molecule has 3 rings (SSSR count). The number of nitrogens with zero attached hydrogens (tertiary/aromatic N) is 2. The minimum Gasteiger partial charge on any atom is -0.375 e. The molecular weight excluding hydrogens is 303 g/mol. The van der Waals surface area contributed by atoms with Gasteiger partial charge in [0.05, 0.1) is 16.1 Å². The van der Waals surface area contributed by atoms with Crippen molar-refractivity contribution in [3.8, 4) is 10.4 Å². The predicted molar refractivity (Wildman–Crippen MR) is 73.6 cm³/mol. The van der Waals surface area contributed by atoms with Crippen LogP contribution < -0.4 is 5.73 Å². The van der Waals surface area contributed by atoms with Gasteiger partial charge in [-0.15, -0.1) is 0 Å². The van der Waals surface area contributed by atoms with Crippen LogP contribution in [0.15, 0.2) is 23.2 Å². The number of alkyl halides is 3. The van der Waals surface area contributed by atoms with Crippen LogP contribution in [0.4, 0.5) is 18.3 Å². The summed E-state index contributed by atoms with van der Waals surface area (Å²) in [6.07, 6.45) is -4.69. The molecule has 1 aromatic carbocycles. The zero-order valence-electron chi connectivity index (χ0n) is 10.7. The summed E-state index contributed by atoms with van der Waals surface area (Å²) in [6.45, 7) is 1.66. The number of benzene rings is 1. The van der Waals surface area contributed by atoms with Crippen LogP contribution in [-0.4, -0.2) is 22.8 Å². The fraction of sp³-hybridized carbons (Fsp3) is 0.154. The van der Waals surface area contributed by atoms with Crippen molar-refractivity contribution >= 4 is 28.1 Å². The van der Waals surface area contributed by atoms with Crippen LogP contribution >= 0.6 is 11.3 Å². The second-order valence-corrected chi connectivity index (χ2v) is 5.49. The SMILES string of the molecule is Cc1nc(N)sc1-c1cccc2c1C(C(F)(F)F)=NC2=O. The highest BCUT2D eigenvalue weighted by atomic mass is 32.1. The maximum absolute atomic E-state index is 13.1. The molecule has 108 valence electrons. The number of nitrogen functional groups attached to an aromatic ring is 1. The van der Waals surface area contributed by atoms with E-state index in [1.807, 2.05) is 0 Å². The molecule has 2 N–H and O–H groups in total. The van der Waals surface area contributed by atoms with E-state index in [0.717, 1.165) is 11.3 Å². The second kappa shape index (κ2) is 4.39. The number of amides is 1. The van der Waals surface area contributed by atoms with Crippen LogP contribution in [0, 0.1) is 6.92 Å². The Morgan fingerprint density at radius 2 is 1.90 bits per heavy atom. The number of aliphatic imine (C=N–C) groups is 1. The first-order valence-corrected chi connectivity index (χ1v) is 6.67. The number of fused-ring (bicyclic) bond motifs is 1. The molecule has 0 unspecified atom stereocenters. The molecule has 1 aliphatic heterocycles. The molecular formula is C13H8F3N3OS. The van der Waals surface area contributed by atoms with E-state index in [0.29, 0.717) is 10.6 Å². The van der Waals surface area contributed by atoms with Gasteiger partial charge in [0.1, 0.15) is 0 Å². The van der Waals surface area contributed by atoms with Crippen molar-refractivity contribution in [1.29, 1.82) is 0 Å². The summed E-state index contributed by atoms with van der Waals surface area (Å²) in [7, 11) is 0. The van der Waals surface area contributed by atoms with Crippen molar-refractivity contribution in [2.24, 2.45) is 4.99 Å². The monoisotopic (exact) mass is 311 g/mol. The maximum atomic E-state index is 13.1. The molecule has 4 nitrogen and oxygen atoms in total. The smallest absolute Gasteiger partial charge is 0.375 e. The first-order chi connectivity index (χ1) is 9.79. The Balaban J connectivity index is 2.30. The number of hydrogen-bond donors (Lipinski definition) is 1. The zero-order valence-corrected chi connectivity index (χ0v) is 11.5. The summed E-state index contributed by atoms with van der Waals surface area (Å²) in [5.41, 5.74) is 4.99. The average molecular weight is 311 g/mol. The van der Waals surface area contributed by atoms with E-state index in [1.54, 1.807) is 6.92 Å². The van der Waals surface area contributed by atoms with Gasteiger partial charge in [-0.1, -0.05) is 23.5 Å². The summed E-state index contributed by atoms with van der Waals surface area (Å²) in [5.74, 6) is -0.880. The molecule has 2 heterocycles. The highest BCUT2D eigenvalue weighted by molar-refractivity contribution is 7.19. The van der Waals surface area contributed by atoms with Gasteiger partial charge >= 0.3 is 6.18 Å². The Kier molecular flexibility index (Phi) is 2.87. The summed E-state index contributed by atoms with van der Waals surface area (Å²) in [4.78, 5) is 19.3. The molecule has 0 fully saturated rings. The molecule has 2 aromatic rings. The first-order valence-electron chi connectivity index (χ1n) is 5.86. The predicted octanol–water partition coefficient (Wildman–Crippen LogP) is 3.21. The highest BCUT2D eigenvalue weighted by Gasteiger charge is 2.44. The number of halogens is 3. The zero-order chi connectivity index (χ0) is 15.4. The largest absolute Gasteiger partial charge is 0.434 e. The van der Waals surface area contributed by atoms with Gasteiger partial charge in [-0.05, 0) is 13.0 Å². The van der Waals surface area contributed by atoms with Gasteiger partial charge in [-0.2, -0.15) is 13.2 Å². The summed E-state index contributed by atoms with van der Waals surface area (Å²) in [6, 6.07) is 4.37. The number of carbonyl (C=O) groups is 1. The van der Waals surface area contributed by atoms with Crippen molar-refractivity contribution in [1.82, 2.24) is 4.98 Å². The lowest BCUT2D eigenvalue weighted by Crippen LogP contribution is -2.23. The Bertz CT molecular complexity index is 792. The third kappa shape index (κ3) is 2.11. The maximum Gasteiger partial charge on any atom is 0.434 e. The molecule has 0 aliphatic carbocycles. The average Bonchev–Trinajstić information content (AvgIpc) is 2.89. The molecule has 0 atom stereocenters. The topological polar surface area (TPSA) is 68.3 Å². The van der Waals surface area contributed by atoms with Gasteiger partial charge in [0.15, 0.2) is 10.8 Å². The fourth-order valence-electron chi connectivity index (χ4n) is 2.26. The normalized spacial score (nSPS) is 14.3. The molecule has 0 saturated heterocycles. The van der Waals surface area contributed by atoms with Crippen LogP contribution in [0.1, 0.15) is 21.6 Å². The van der Waals surface area contributed by atoms with E-state index in [4.69, 9.17) is 5.73 Å². The first kappa shape index (κ1) is 13.7. The minimum atomic E-state index is -4.69. The Morgan fingerprint density at radius 3 is 2.48 bits per heavy atom. The molecule has 8 heteroatoms. The lowest BCUT2D eigenvalue weighted by Gasteiger charge is -2.11. The Morgan fingerprint density at radius 1 is 1.24 bits per heavy atom. The number of carbonyl (C=O) groups excluding carboxylic acids is 1. The Hall–Kier alpha value is -2.22. The van der Waals surface area contributed by atoms with Crippen molar-refractivity contribution in [2.45, 2.75) is 13.1 Å². The molecule has 0 spiro atoms. The van der Waals surface area contributed by atoms with E-state index in [1.165, 1.54) is 18.2 Å². The quantitative estimate of drug-likeness (QED) is 0.879. The Labute approximate surface area is 121 Å². The molecule has 21 heavy (non-hydrogen) atoms. The second-order valence-electron chi connectivity index (χ2n) is 4.46. The summed E-state index contributed by atoms with van der Waals surface area (Å²) >= 11 is 1.08. The lowest BCUT2D eigenvalue weighted by molar-refractivity contribution is -0.0578. The van der Waals surface area contributed by atoms with Gasteiger partial charge in [0, 0.05) is 11.1 Å². The standard InChI is InChI=1S/C13H8F3N3OS/c1-5-9(21-12(17)18-5)6-3-2-4-7-8(6)10(13(14,15)16)19-11(7)20/h2-4H,1H3,(H2,17,18). The van der Waals surface area contributed by atoms with E-state index < -0.39 is 17.8 Å². The van der Waals surface area contributed by atoms with E-state index >= 15 is 0 Å². The number of aryl methyl sites for hydroxylation is 1. The van der Waals surface area contributed by atoms with Gasteiger partial charge in [-0.3, -0.25) is 4.79 Å². The van der Waals surface area contributed by atoms with Gasteiger partial charge in [0.2, 0.25) is 0 Å². The van der Waals surface area contributed by atoms with E-state index in [2.05, 4.69) is 9.98 Å². The van der Waals surface area contributed by atoms with Crippen molar-refractivity contribution < 1.29 is 18.0 Å². The van der Waals surface area contributed by atoms with Crippen molar-refractivity contribution in [2.75, 3.05) is 5.73 Å². The number of hydrogen-bond acceptors (Lipinski definition) is 4. The molecule has 0 saturated carbocycles. The number of aromatic nitrogens is 1. The number of anilines is 1. The van der Waals surface area contributed by atoms with Gasteiger partial charge < -0.3 is 5.73 Å². The van der Waals surface area contributed by atoms with Crippen LogP contribution in [0.25, 0.3) is 10.4 Å². The lowest BCUT2D eigenvalue weighted by atomic mass is 9.97. The van der Waals surface area contributed by atoms with Crippen LogP contribution in [-0.2, 0) is 0 Å². The number of thiazole rings is 1. The molecule has 1 aliphatic rings. The van der Waals surface area contributed by atoms with Crippen molar-refractivity contribution in [3.05, 3.63) is 35.0 Å². The van der Waals surface area contributed by atoms with Gasteiger partial charge in [-0.25, -0.2) is 9.98 Å². The molecule has 0 radical (unpaired) electrons. The molecule has 0 bridgehead atoms. The molecule has 1 amide bonds. The van der Waals surface area contributed by atoms with Gasteiger partial charge in [0.25, 0.3) is 5.91 Å². The third-order valence-electron chi connectivity index (χ3n) is 3.07. The fourth-order valence-corrected chi connectivity index (χ4v) is 3.13. The summed E-state index contributed by atoms with van der Waals surface area (Å²) < 4.78 is 39.3. The number of rotatable bonds is 1. The van der Waals surface area contributed by atoms with E-state index in [9.17, 15) is 18.0 Å². The molecule has 1 aromatic heterocycles. The van der Waals surface area contributed by atoms with Crippen LogP contribution in [0.5, 0.6) is 0 Å². The third-order valence-corrected chi connectivity index (χ3v) is 4.09.